The lowest BCUT2D eigenvalue weighted by molar-refractivity contribution is -0.164. The summed E-state index contributed by atoms with van der Waals surface area (Å²) in [5.74, 6) is -0.952. The Morgan fingerprint density at radius 2 is 2.12 bits per heavy atom. The molecule has 3 nitrogen and oxygen atoms in total. The van der Waals surface area contributed by atoms with Crippen molar-refractivity contribution in [3.63, 3.8) is 0 Å². The maximum absolute atomic E-state index is 11.3. The first-order valence-corrected chi connectivity index (χ1v) is 6.38. The van der Waals surface area contributed by atoms with Crippen LogP contribution >= 0.6 is 0 Å². The number of hydrogen-bond donors (Lipinski definition) is 2. The molecule has 0 bridgehead atoms. The molecular weight excluding hydrogens is 204 g/mol. The summed E-state index contributed by atoms with van der Waals surface area (Å²) in [6.45, 7) is 6.07. The van der Waals surface area contributed by atoms with E-state index in [9.17, 15) is 15.0 Å². The summed E-state index contributed by atoms with van der Waals surface area (Å²) >= 11 is 0. The molecule has 3 heteroatoms. The third-order valence-corrected chi connectivity index (χ3v) is 4.36. The van der Waals surface area contributed by atoms with Crippen LogP contribution in [0.5, 0.6) is 0 Å². The number of carbonyl (C=O) groups is 1. The van der Waals surface area contributed by atoms with Gasteiger partial charge in [0.05, 0.1) is 11.5 Å². The molecule has 4 unspecified atom stereocenters. The zero-order chi connectivity index (χ0) is 12.3. The minimum absolute atomic E-state index is 0.0777. The minimum Gasteiger partial charge on any atom is -0.481 e. The van der Waals surface area contributed by atoms with Gasteiger partial charge in [-0.1, -0.05) is 40.0 Å². The quantitative estimate of drug-likeness (QED) is 0.777. The summed E-state index contributed by atoms with van der Waals surface area (Å²) in [7, 11) is 0. The largest absolute Gasteiger partial charge is 0.481 e. The van der Waals surface area contributed by atoms with Crippen LogP contribution in [0.25, 0.3) is 0 Å². The Labute approximate surface area is 97.9 Å². The van der Waals surface area contributed by atoms with Crippen molar-refractivity contribution in [1.29, 1.82) is 0 Å². The van der Waals surface area contributed by atoms with Crippen molar-refractivity contribution in [2.24, 2.45) is 17.8 Å². The van der Waals surface area contributed by atoms with Crippen LogP contribution in [0.2, 0.25) is 0 Å². The second kappa shape index (κ2) is 5.17. The van der Waals surface area contributed by atoms with E-state index in [-0.39, 0.29) is 5.92 Å². The molecule has 0 aromatic carbocycles. The normalized spacial score (nSPS) is 37.0. The zero-order valence-electron chi connectivity index (χ0n) is 10.6. The molecular formula is C13H24O3. The lowest BCUT2D eigenvalue weighted by atomic mass is 9.64. The summed E-state index contributed by atoms with van der Waals surface area (Å²) in [6, 6.07) is 0. The monoisotopic (exact) mass is 228 g/mol. The molecule has 1 aliphatic rings. The van der Waals surface area contributed by atoms with Gasteiger partial charge in [-0.05, 0) is 24.7 Å². The van der Waals surface area contributed by atoms with E-state index in [1.165, 1.54) is 0 Å². The molecule has 0 heterocycles. The molecule has 0 radical (unpaired) electrons. The predicted octanol–water partition coefficient (Wildman–Crippen LogP) is 2.67. The second-order valence-corrected chi connectivity index (χ2v) is 5.33. The first kappa shape index (κ1) is 13.5. The molecule has 2 N–H and O–H groups in total. The number of rotatable bonds is 4. The maximum atomic E-state index is 11.3. The van der Waals surface area contributed by atoms with E-state index in [4.69, 9.17) is 0 Å². The van der Waals surface area contributed by atoms with Crippen LogP contribution in [0.15, 0.2) is 0 Å². The Morgan fingerprint density at radius 3 is 2.62 bits per heavy atom. The molecule has 0 amide bonds. The van der Waals surface area contributed by atoms with E-state index in [1.807, 2.05) is 13.8 Å². The highest BCUT2D eigenvalue weighted by atomic mass is 16.4. The van der Waals surface area contributed by atoms with E-state index in [0.717, 1.165) is 19.3 Å². The molecule has 1 rings (SSSR count). The Balaban J connectivity index is 2.90. The van der Waals surface area contributed by atoms with Gasteiger partial charge in [0, 0.05) is 0 Å². The molecule has 0 aliphatic heterocycles. The Morgan fingerprint density at radius 1 is 1.50 bits per heavy atom. The smallest absolute Gasteiger partial charge is 0.309 e. The number of hydrogen-bond acceptors (Lipinski definition) is 2. The molecule has 4 atom stereocenters. The molecule has 1 saturated carbocycles. The van der Waals surface area contributed by atoms with E-state index in [0.29, 0.717) is 18.8 Å². The summed E-state index contributed by atoms with van der Waals surface area (Å²) in [6.07, 6.45) is 4.05. The topological polar surface area (TPSA) is 57.5 Å². The summed E-state index contributed by atoms with van der Waals surface area (Å²) in [4.78, 5) is 11.3. The van der Waals surface area contributed by atoms with E-state index < -0.39 is 17.5 Å². The van der Waals surface area contributed by atoms with Crippen molar-refractivity contribution in [1.82, 2.24) is 0 Å². The summed E-state index contributed by atoms with van der Waals surface area (Å²) < 4.78 is 0. The molecule has 0 aromatic rings. The number of aliphatic hydroxyl groups is 1. The van der Waals surface area contributed by atoms with E-state index >= 15 is 0 Å². The number of aliphatic carboxylic acids is 1. The maximum Gasteiger partial charge on any atom is 0.309 e. The van der Waals surface area contributed by atoms with Crippen LogP contribution in [0, 0.1) is 17.8 Å². The van der Waals surface area contributed by atoms with Crippen LogP contribution in [-0.2, 0) is 4.79 Å². The van der Waals surface area contributed by atoms with Crippen molar-refractivity contribution in [2.75, 3.05) is 0 Å². The van der Waals surface area contributed by atoms with Crippen molar-refractivity contribution in [3.05, 3.63) is 0 Å². The molecule has 0 spiro atoms. The van der Waals surface area contributed by atoms with Crippen LogP contribution in [0.1, 0.15) is 52.9 Å². The number of carboxylic acid groups (broad SMARTS) is 1. The van der Waals surface area contributed by atoms with Crippen LogP contribution in [0.3, 0.4) is 0 Å². The van der Waals surface area contributed by atoms with Crippen molar-refractivity contribution in [3.8, 4) is 0 Å². The molecule has 16 heavy (non-hydrogen) atoms. The highest BCUT2D eigenvalue weighted by molar-refractivity contribution is 5.71. The fourth-order valence-corrected chi connectivity index (χ4v) is 3.05. The summed E-state index contributed by atoms with van der Waals surface area (Å²) in [5.41, 5.74) is -1.00. The zero-order valence-corrected chi connectivity index (χ0v) is 10.6. The highest BCUT2D eigenvalue weighted by Gasteiger charge is 2.48. The van der Waals surface area contributed by atoms with Gasteiger partial charge < -0.3 is 10.2 Å². The van der Waals surface area contributed by atoms with E-state index in [1.54, 1.807) is 0 Å². The summed E-state index contributed by atoms with van der Waals surface area (Å²) in [5, 5.41) is 20.0. The van der Waals surface area contributed by atoms with Gasteiger partial charge in [-0.2, -0.15) is 0 Å². The molecule has 1 aliphatic carbocycles. The predicted molar refractivity (Wildman–Crippen MR) is 63.2 cm³/mol. The highest BCUT2D eigenvalue weighted by Crippen LogP contribution is 2.43. The van der Waals surface area contributed by atoms with Crippen LogP contribution in [0.4, 0.5) is 0 Å². The Hall–Kier alpha value is -0.570. The van der Waals surface area contributed by atoms with Crippen molar-refractivity contribution >= 4 is 5.97 Å². The van der Waals surface area contributed by atoms with Gasteiger partial charge in [-0.25, -0.2) is 0 Å². The van der Waals surface area contributed by atoms with Crippen molar-refractivity contribution in [2.45, 2.75) is 58.5 Å². The van der Waals surface area contributed by atoms with Gasteiger partial charge in [-0.3, -0.25) is 4.79 Å². The molecule has 0 saturated heterocycles. The SMILES string of the molecule is CCCC(C(=O)O)C1(O)CCCC(C)C1C. The first-order chi connectivity index (χ1) is 7.43. The third-order valence-electron chi connectivity index (χ3n) is 4.36. The van der Waals surface area contributed by atoms with Gasteiger partial charge in [0.15, 0.2) is 0 Å². The van der Waals surface area contributed by atoms with Crippen LogP contribution in [-0.4, -0.2) is 21.8 Å². The van der Waals surface area contributed by atoms with Gasteiger partial charge in [0.2, 0.25) is 0 Å². The first-order valence-electron chi connectivity index (χ1n) is 6.38. The lowest BCUT2D eigenvalue weighted by Gasteiger charge is -2.45. The second-order valence-electron chi connectivity index (χ2n) is 5.33. The standard InChI is InChI=1S/C13H24O3/c1-4-6-11(12(14)15)13(16)8-5-7-9(2)10(13)3/h9-11,16H,4-8H2,1-3H3,(H,14,15). The Kier molecular flexibility index (Phi) is 4.36. The fourth-order valence-electron chi connectivity index (χ4n) is 3.05. The van der Waals surface area contributed by atoms with Gasteiger partial charge >= 0.3 is 5.97 Å². The molecule has 0 aromatic heterocycles. The van der Waals surface area contributed by atoms with E-state index in [2.05, 4.69) is 6.92 Å². The average Bonchev–Trinajstić information content (AvgIpc) is 2.22. The molecule has 1 fully saturated rings. The third kappa shape index (κ3) is 2.40. The van der Waals surface area contributed by atoms with Crippen LogP contribution < -0.4 is 0 Å². The van der Waals surface area contributed by atoms with Gasteiger partial charge in [0.1, 0.15) is 0 Å². The lowest BCUT2D eigenvalue weighted by Crippen LogP contribution is -2.51. The van der Waals surface area contributed by atoms with Crippen molar-refractivity contribution < 1.29 is 15.0 Å². The fraction of sp³-hybridized carbons (Fsp3) is 0.923. The molecule has 94 valence electrons. The Bertz CT molecular complexity index is 252. The van der Waals surface area contributed by atoms with Gasteiger partial charge in [-0.15, -0.1) is 0 Å². The minimum atomic E-state index is -1.00. The number of carboxylic acids is 1. The van der Waals surface area contributed by atoms with Gasteiger partial charge in [0.25, 0.3) is 0 Å². The average molecular weight is 228 g/mol.